The van der Waals surface area contributed by atoms with Crippen LogP contribution in [0.2, 0.25) is 0 Å². The molecule has 0 aliphatic rings. The Morgan fingerprint density at radius 1 is 0.788 bits per heavy atom. The lowest BCUT2D eigenvalue weighted by Crippen LogP contribution is -2.22. The molecule has 0 radical (unpaired) electrons. The molecule has 33 heavy (non-hydrogen) atoms. The minimum Gasteiger partial charge on any atom is -0.452 e. The van der Waals surface area contributed by atoms with Crippen LogP contribution in [0.5, 0.6) is 5.75 Å². The lowest BCUT2D eigenvalue weighted by Gasteiger charge is -2.11. The lowest BCUT2D eigenvalue weighted by atomic mass is 10.1. The summed E-state index contributed by atoms with van der Waals surface area (Å²) in [5, 5.41) is 0.827. The van der Waals surface area contributed by atoms with Crippen molar-refractivity contribution in [3.05, 3.63) is 110 Å². The fraction of sp³-hybridized carbons (Fsp3) is 0.0741. The van der Waals surface area contributed by atoms with Gasteiger partial charge >= 0.3 is 11.6 Å². The Bertz CT molecular complexity index is 1660. The molecule has 0 aliphatic heterocycles. The van der Waals surface area contributed by atoms with E-state index in [4.69, 9.17) is 13.6 Å². The second kappa shape index (κ2) is 7.91. The van der Waals surface area contributed by atoms with Crippen molar-refractivity contribution < 1.29 is 18.4 Å². The second-order valence-corrected chi connectivity index (χ2v) is 7.83. The zero-order valence-corrected chi connectivity index (χ0v) is 17.9. The Hall–Kier alpha value is -4.45. The summed E-state index contributed by atoms with van der Waals surface area (Å²) in [6.07, 6.45) is 0. The van der Waals surface area contributed by atoms with Crippen LogP contribution in [0.25, 0.3) is 33.3 Å². The van der Waals surface area contributed by atoms with Gasteiger partial charge < -0.3 is 13.6 Å². The fourth-order valence-corrected chi connectivity index (χ4v) is 3.62. The monoisotopic (exact) mass is 438 g/mol. The first-order chi connectivity index (χ1) is 15.9. The zero-order chi connectivity index (χ0) is 23.1. The Labute approximate surface area is 187 Å². The highest BCUT2D eigenvalue weighted by Gasteiger charge is 2.23. The van der Waals surface area contributed by atoms with Gasteiger partial charge in [0.2, 0.25) is 11.2 Å². The molecule has 2 aromatic heterocycles. The molecular weight excluding hydrogens is 420 g/mol. The topological polar surface area (TPSA) is 86.7 Å². The summed E-state index contributed by atoms with van der Waals surface area (Å²) in [6.45, 7) is 3.82. The van der Waals surface area contributed by atoms with Crippen molar-refractivity contribution in [1.82, 2.24) is 0 Å². The minimum atomic E-state index is -0.998. The number of carbonyl (C=O) groups excluding carboxylic acids is 1. The van der Waals surface area contributed by atoms with Gasteiger partial charge in [-0.1, -0.05) is 54.1 Å². The number of esters is 1. The van der Waals surface area contributed by atoms with Crippen LogP contribution in [0.4, 0.5) is 0 Å². The quantitative estimate of drug-likeness (QED) is 0.277. The van der Waals surface area contributed by atoms with Gasteiger partial charge in [0, 0.05) is 10.9 Å². The van der Waals surface area contributed by atoms with Crippen LogP contribution in [0.1, 0.15) is 21.5 Å². The van der Waals surface area contributed by atoms with Crippen LogP contribution in [0.15, 0.2) is 91.2 Å². The second-order valence-electron chi connectivity index (χ2n) is 7.83. The molecule has 0 fully saturated rings. The van der Waals surface area contributed by atoms with Crippen molar-refractivity contribution in [2.24, 2.45) is 0 Å². The summed E-state index contributed by atoms with van der Waals surface area (Å²) in [4.78, 5) is 38.7. The van der Waals surface area contributed by atoms with Crippen LogP contribution >= 0.6 is 0 Å². The highest BCUT2D eigenvalue weighted by atomic mass is 16.5. The highest BCUT2D eigenvalue weighted by Crippen LogP contribution is 2.32. The predicted octanol–water partition coefficient (Wildman–Crippen LogP) is 5.40. The first kappa shape index (κ1) is 20.5. The van der Waals surface area contributed by atoms with Crippen molar-refractivity contribution in [3.63, 3.8) is 0 Å². The summed E-state index contributed by atoms with van der Waals surface area (Å²) >= 11 is 0. The van der Waals surface area contributed by atoms with Crippen LogP contribution in [-0.4, -0.2) is 5.97 Å². The minimum absolute atomic E-state index is 0.108. The molecule has 0 amide bonds. The van der Waals surface area contributed by atoms with E-state index in [0.717, 1.165) is 11.1 Å². The normalized spacial score (nSPS) is 11.1. The lowest BCUT2D eigenvalue weighted by molar-refractivity contribution is 0.0727. The molecule has 0 saturated heterocycles. The molecule has 2 heterocycles. The number of hydrogen-bond donors (Lipinski definition) is 0. The van der Waals surface area contributed by atoms with E-state index in [1.807, 2.05) is 26.0 Å². The van der Waals surface area contributed by atoms with E-state index >= 15 is 0 Å². The summed E-state index contributed by atoms with van der Waals surface area (Å²) in [7, 11) is 0. The number of benzene rings is 3. The van der Waals surface area contributed by atoms with E-state index in [1.54, 1.807) is 54.6 Å². The van der Waals surface area contributed by atoms with Crippen LogP contribution < -0.4 is 15.8 Å². The number of aryl methyl sites for hydroxylation is 2. The third-order valence-electron chi connectivity index (χ3n) is 5.38. The summed E-state index contributed by atoms with van der Waals surface area (Å²) < 4.78 is 16.8. The maximum absolute atomic E-state index is 13.3. The van der Waals surface area contributed by atoms with E-state index in [1.165, 1.54) is 6.07 Å². The number of fused-ring (bicyclic) bond motifs is 2. The van der Waals surface area contributed by atoms with Gasteiger partial charge in [-0.25, -0.2) is 9.59 Å². The summed E-state index contributed by atoms with van der Waals surface area (Å²) in [5.41, 5.74) is 1.55. The van der Waals surface area contributed by atoms with Gasteiger partial charge in [0.1, 0.15) is 16.7 Å². The van der Waals surface area contributed by atoms with E-state index in [-0.39, 0.29) is 22.5 Å². The SMILES string of the molecule is Cc1ccc(-c2oc3cc(C)ccc3c(=O)c2OC(=O)c2cc3ccccc3oc2=O)cc1. The van der Waals surface area contributed by atoms with Gasteiger partial charge in [0.15, 0.2) is 5.76 Å². The van der Waals surface area contributed by atoms with Crippen molar-refractivity contribution >= 4 is 27.9 Å². The third-order valence-corrected chi connectivity index (χ3v) is 5.38. The molecular formula is C27H18O6. The van der Waals surface area contributed by atoms with Crippen molar-refractivity contribution in [3.8, 4) is 17.1 Å². The molecule has 5 aromatic rings. The predicted molar refractivity (Wildman–Crippen MR) is 125 cm³/mol. The van der Waals surface area contributed by atoms with Gasteiger partial charge in [-0.05, 0) is 43.7 Å². The first-order valence-electron chi connectivity index (χ1n) is 10.3. The Balaban J connectivity index is 1.68. The number of ether oxygens (including phenoxy) is 1. The largest absolute Gasteiger partial charge is 0.452 e. The number of hydrogen-bond acceptors (Lipinski definition) is 6. The first-order valence-corrected chi connectivity index (χ1v) is 10.3. The summed E-state index contributed by atoms with van der Waals surface area (Å²) in [6, 6.07) is 20.6. The number of carbonyl (C=O) groups is 1. The van der Waals surface area contributed by atoms with Gasteiger partial charge in [0.05, 0.1) is 5.39 Å². The van der Waals surface area contributed by atoms with E-state index < -0.39 is 17.0 Å². The Kier molecular flexibility index (Phi) is 4.90. The van der Waals surface area contributed by atoms with E-state index in [9.17, 15) is 14.4 Å². The van der Waals surface area contributed by atoms with Crippen molar-refractivity contribution in [2.75, 3.05) is 0 Å². The highest BCUT2D eigenvalue weighted by molar-refractivity contribution is 5.95. The molecule has 0 unspecified atom stereocenters. The molecule has 0 saturated carbocycles. The molecule has 5 rings (SSSR count). The molecule has 0 aliphatic carbocycles. The van der Waals surface area contributed by atoms with Crippen molar-refractivity contribution in [2.45, 2.75) is 13.8 Å². The Morgan fingerprint density at radius 2 is 1.52 bits per heavy atom. The standard InChI is InChI=1S/C27H18O6/c1-15-7-10-17(11-8-15)24-25(23(28)19-12-9-16(2)13-22(19)31-24)33-27(30)20-14-18-5-3-4-6-21(18)32-26(20)29/h3-14H,1-2H3. The maximum Gasteiger partial charge on any atom is 0.351 e. The van der Waals surface area contributed by atoms with Crippen molar-refractivity contribution in [1.29, 1.82) is 0 Å². The third kappa shape index (κ3) is 3.72. The Morgan fingerprint density at radius 3 is 2.30 bits per heavy atom. The number of para-hydroxylation sites is 1. The molecule has 0 N–H and O–H groups in total. The van der Waals surface area contributed by atoms with Crippen LogP contribution in [-0.2, 0) is 0 Å². The molecule has 162 valence electrons. The van der Waals surface area contributed by atoms with Crippen LogP contribution in [0.3, 0.4) is 0 Å². The van der Waals surface area contributed by atoms with Gasteiger partial charge in [0.25, 0.3) is 0 Å². The molecule has 6 nitrogen and oxygen atoms in total. The van der Waals surface area contributed by atoms with Gasteiger partial charge in [-0.15, -0.1) is 0 Å². The number of rotatable bonds is 3. The van der Waals surface area contributed by atoms with Crippen LogP contribution in [0, 0.1) is 13.8 Å². The molecule has 3 aromatic carbocycles. The molecule has 0 spiro atoms. The fourth-order valence-electron chi connectivity index (χ4n) is 3.62. The van der Waals surface area contributed by atoms with Gasteiger partial charge in [-0.2, -0.15) is 0 Å². The van der Waals surface area contributed by atoms with E-state index in [0.29, 0.717) is 22.1 Å². The molecule has 0 atom stereocenters. The average molecular weight is 438 g/mol. The zero-order valence-electron chi connectivity index (χ0n) is 17.9. The van der Waals surface area contributed by atoms with E-state index in [2.05, 4.69) is 0 Å². The van der Waals surface area contributed by atoms with Gasteiger partial charge in [-0.3, -0.25) is 4.79 Å². The maximum atomic E-state index is 13.3. The molecule has 0 bridgehead atoms. The molecule has 6 heteroatoms. The smallest absolute Gasteiger partial charge is 0.351 e. The summed E-state index contributed by atoms with van der Waals surface area (Å²) in [5.74, 6) is -1.17. The average Bonchev–Trinajstić information content (AvgIpc) is 2.80.